The standard InChI is InChI=1S/C38H44N2O4/c1-29(2)21-25-43-35-19-11-13-31(27-35)37(41)39(33-15-7-5-8-16-33)23-24-40(34-17-9-6-10-18-34)38(42)32-14-12-20-36(28-32)44-26-22-30(3)4/h5-20,27-30H,21-26H2,1-4H3. The number of para-hydroxylation sites is 2. The lowest BCUT2D eigenvalue weighted by atomic mass is 10.1. The molecule has 0 heterocycles. The van der Waals surface area contributed by atoms with Gasteiger partial charge in [-0.3, -0.25) is 9.59 Å². The molecule has 2 amide bonds. The van der Waals surface area contributed by atoms with Gasteiger partial charge in [0, 0.05) is 35.6 Å². The van der Waals surface area contributed by atoms with E-state index in [1.165, 1.54) is 0 Å². The summed E-state index contributed by atoms with van der Waals surface area (Å²) < 4.78 is 11.9. The second-order valence-electron chi connectivity index (χ2n) is 11.7. The number of ether oxygens (including phenoxy) is 2. The maximum Gasteiger partial charge on any atom is 0.258 e. The van der Waals surface area contributed by atoms with E-state index in [9.17, 15) is 9.59 Å². The zero-order chi connectivity index (χ0) is 31.3. The third-order valence-corrected chi connectivity index (χ3v) is 7.26. The van der Waals surface area contributed by atoms with Gasteiger partial charge in [0.1, 0.15) is 11.5 Å². The molecule has 0 bridgehead atoms. The van der Waals surface area contributed by atoms with Gasteiger partial charge in [0.25, 0.3) is 11.8 Å². The monoisotopic (exact) mass is 592 g/mol. The van der Waals surface area contributed by atoms with Gasteiger partial charge in [-0.25, -0.2) is 0 Å². The smallest absolute Gasteiger partial charge is 0.258 e. The second-order valence-corrected chi connectivity index (χ2v) is 11.7. The Morgan fingerprint density at radius 1 is 0.545 bits per heavy atom. The molecule has 0 aromatic heterocycles. The van der Waals surface area contributed by atoms with E-state index in [4.69, 9.17) is 9.47 Å². The van der Waals surface area contributed by atoms with E-state index in [1.54, 1.807) is 34.1 Å². The number of carbonyl (C=O) groups is 2. The fourth-order valence-corrected chi connectivity index (χ4v) is 4.69. The summed E-state index contributed by atoms with van der Waals surface area (Å²) in [5, 5.41) is 0. The summed E-state index contributed by atoms with van der Waals surface area (Å²) in [4.78, 5) is 31.5. The fraction of sp³-hybridized carbons (Fsp3) is 0.316. The summed E-state index contributed by atoms with van der Waals surface area (Å²) in [5.41, 5.74) is 2.56. The predicted octanol–water partition coefficient (Wildman–Crippen LogP) is 8.53. The van der Waals surface area contributed by atoms with Gasteiger partial charge in [-0.15, -0.1) is 0 Å². The van der Waals surface area contributed by atoms with Crippen LogP contribution in [0.5, 0.6) is 11.5 Å². The van der Waals surface area contributed by atoms with Gasteiger partial charge in [-0.05, 0) is 85.3 Å². The minimum absolute atomic E-state index is 0.161. The molecule has 0 radical (unpaired) electrons. The van der Waals surface area contributed by atoms with E-state index in [2.05, 4.69) is 27.7 Å². The molecular formula is C38H44N2O4. The van der Waals surface area contributed by atoms with Crippen molar-refractivity contribution in [1.29, 1.82) is 0 Å². The summed E-state index contributed by atoms with van der Waals surface area (Å²) >= 11 is 0. The molecule has 44 heavy (non-hydrogen) atoms. The lowest BCUT2D eigenvalue weighted by Crippen LogP contribution is -2.41. The molecule has 0 unspecified atom stereocenters. The number of carbonyl (C=O) groups excluding carboxylic acids is 2. The third-order valence-electron chi connectivity index (χ3n) is 7.26. The van der Waals surface area contributed by atoms with Crippen LogP contribution in [-0.2, 0) is 0 Å². The largest absolute Gasteiger partial charge is 0.494 e. The molecule has 0 saturated heterocycles. The van der Waals surface area contributed by atoms with Crippen molar-refractivity contribution in [3.63, 3.8) is 0 Å². The van der Waals surface area contributed by atoms with Gasteiger partial charge in [0.2, 0.25) is 0 Å². The molecule has 4 aromatic carbocycles. The minimum atomic E-state index is -0.161. The first-order valence-electron chi connectivity index (χ1n) is 15.5. The van der Waals surface area contributed by atoms with E-state index >= 15 is 0 Å². The Labute approximate surface area is 262 Å². The van der Waals surface area contributed by atoms with Gasteiger partial charge in [0.05, 0.1) is 13.2 Å². The highest BCUT2D eigenvalue weighted by molar-refractivity contribution is 6.08. The average Bonchev–Trinajstić information content (AvgIpc) is 3.03. The topological polar surface area (TPSA) is 59.1 Å². The zero-order valence-electron chi connectivity index (χ0n) is 26.3. The highest BCUT2D eigenvalue weighted by Gasteiger charge is 2.23. The third kappa shape index (κ3) is 9.46. The van der Waals surface area contributed by atoms with Crippen LogP contribution in [0.1, 0.15) is 61.3 Å². The van der Waals surface area contributed by atoms with Gasteiger partial charge in [-0.1, -0.05) is 76.2 Å². The van der Waals surface area contributed by atoms with Crippen molar-refractivity contribution in [1.82, 2.24) is 0 Å². The molecule has 0 aliphatic heterocycles. The molecule has 0 aliphatic rings. The maximum absolute atomic E-state index is 14.0. The molecule has 0 fully saturated rings. The molecule has 230 valence electrons. The highest BCUT2D eigenvalue weighted by atomic mass is 16.5. The SMILES string of the molecule is CC(C)CCOc1cccc(C(=O)N(CCN(C(=O)c2cccc(OCCC(C)C)c2)c2ccccc2)c2ccccc2)c1. The molecule has 0 aliphatic carbocycles. The van der Waals surface area contributed by atoms with Crippen LogP contribution in [-0.4, -0.2) is 38.1 Å². The van der Waals surface area contributed by atoms with Gasteiger partial charge in [0.15, 0.2) is 0 Å². The van der Waals surface area contributed by atoms with Gasteiger partial charge in [-0.2, -0.15) is 0 Å². The van der Waals surface area contributed by atoms with Crippen LogP contribution in [0.4, 0.5) is 11.4 Å². The van der Waals surface area contributed by atoms with E-state index < -0.39 is 0 Å². The average molecular weight is 593 g/mol. The minimum Gasteiger partial charge on any atom is -0.494 e. The molecule has 6 nitrogen and oxygen atoms in total. The molecule has 0 spiro atoms. The zero-order valence-corrected chi connectivity index (χ0v) is 26.3. The lowest BCUT2D eigenvalue weighted by Gasteiger charge is -2.28. The van der Waals surface area contributed by atoms with E-state index in [0.29, 0.717) is 47.7 Å². The Morgan fingerprint density at radius 2 is 0.932 bits per heavy atom. The van der Waals surface area contributed by atoms with Crippen LogP contribution >= 0.6 is 0 Å². The summed E-state index contributed by atoms with van der Waals surface area (Å²) in [5.74, 6) is 2.08. The Balaban J connectivity index is 1.58. The van der Waals surface area contributed by atoms with Gasteiger partial charge < -0.3 is 19.3 Å². The first kappa shape index (κ1) is 32.3. The molecule has 0 atom stereocenters. The normalized spacial score (nSPS) is 11.0. The second kappa shape index (κ2) is 16.3. The molecular weight excluding hydrogens is 548 g/mol. The molecule has 4 rings (SSSR count). The van der Waals surface area contributed by atoms with Crippen LogP contribution in [0.25, 0.3) is 0 Å². The van der Waals surface area contributed by atoms with Crippen molar-refractivity contribution in [3.8, 4) is 11.5 Å². The number of benzene rings is 4. The van der Waals surface area contributed by atoms with Crippen LogP contribution in [0.15, 0.2) is 109 Å². The van der Waals surface area contributed by atoms with E-state index in [0.717, 1.165) is 24.2 Å². The predicted molar refractivity (Wildman–Crippen MR) is 179 cm³/mol. The first-order chi connectivity index (χ1) is 21.3. The van der Waals surface area contributed by atoms with E-state index in [-0.39, 0.29) is 24.9 Å². The summed E-state index contributed by atoms with van der Waals surface area (Å²) in [6.45, 7) is 10.4. The van der Waals surface area contributed by atoms with Crippen LogP contribution in [0, 0.1) is 11.8 Å². The van der Waals surface area contributed by atoms with Crippen LogP contribution in [0.2, 0.25) is 0 Å². The molecule has 4 aromatic rings. The van der Waals surface area contributed by atoms with Crippen molar-refractivity contribution in [2.24, 2.45) is 11.8 Å². The number of hydrogen-bond acceptors (Lipinski definition) is 4. The number of amides is 2. The lowest BCUT2D eigenvalue weighted by molar-refractivity contribution is 0.0967. The van der Waals surface area contributed by atoms with Crippen LogP contribution in [0.3, 0.4) is 0 Å². The van der Waals surface area contributed by atoms with Crippen molar-refractivity contribution in [3.05, 3.63) is 120 Å². The number of rotatable bonds is 15. The number of hydrogen-bond donors (Lipinski definition) is 0. The Kier molecular flexibility index (Phi) is 12.0. The molecule has 6 heteroatoms. The van der Waals surface area contributed by atoms with Crippen molar-refractivity contribution in [2.75, 3.05) is 36.1 Å². The quantitative estimate of drug-likeness (QED) is 0.139. The van der Waals surface area contributed by atoms with Gasteiger partial charge >= 0.3 is 0 Å². The summed E-state index contributed by atoms with van der Waals surface area (Å²) in [6, 6.07) is 33.8. The van der Waals surface area contributed by atoms with Crippen molar-refractivity contribution >= 4 is 23.2 Å². The Bertz CT molecular complexity index is 1360. The molecule has 0 saturated carbocycles. The maximum atomic E-state index is 14.0. The fourth-order valence-electron chi connectivity index (χ4n) is 4.69. The highest BCUT2D eigenvalue weighted by Crippen LogP contribution is 2.24. The van der Waals surface area contributed by atoms with Crippen LogP contribution < -0.4 is 19.3 Å². The van der Waals surface area contributed by atoms with Crippen molar-refractivity contribution < 1.29 is 19.1 Å². The number of anilines is 2. The Morgan fingerprint density at radius 3 is 1.30 bits per heavy atom. The van der Waals surface area contributed by atoms with Crippen molar-refractivity contribution in [2.45, 2.75) is 40.5 Å². The summed E-state index contributed by atoms with van der Waals surface area (Å²) in [7, 11) is 0. The molecule has 0 N–H and O–H groups in total. The first-order valence-corrected chi connectivity index (χ1v) is 15.5. The summed E-state index contributed by atoms with van der Waals surface area (Å²) in [6.07, 6.45) is 1.87. The Hall–Kier alpha value is -4.58. The number of nitrogens with zero attached hydrogens (tertiary/aromatic N) is 2. The van der Waals surface area contributed by atoms with E-state index in [1.807, 2.05) is 84.9 Å².